The minimum absolute atomic E-state index is 0.200. The van der Waals surface area contributed by atoms with E-state index in [2.05, 4.69) is 10.6 Å². The van der Waals surface area contributed by atoms with Crippen LogP contribution < -0.4 is 16.1 Å². The van der Waals surface area contributed by atoms with Crippen LogP contribution in [0.15, 0.2) is 0 Å². The number of carbonyl (C=O) groups excluding carboxylic acids is 2. The third kappa shape index (κ3) is 5.92. The fourth-order valence-corrected chi connectivity index (χ4v) is 2.41. The van der Waals surface area contributed by atoms with Gasteiger partial charge in [0.05, 0.1) is 0 Å². The first-order valence-corrected chi connectivity index (χ1v) is 7.04. The molecule has 1 fully saturated rings. The molecule has 1 atom stereocenters. The van der Waals surface area contributed by atoms with E-state index >= 15 is 0 Å². The molecule has 0 aliphatic heterocycles. The van der Waals surface area contributed by atoms with E-state index < -0.39 is 11.9 Å². The number of rotatable bonds is 5. The first kappa shape index (κ1) is 15.8. The van der Waals surface area contributed by atoms with Crippen molar-refractivity contribution < 1.29 is 14.8 Å². The van der Waals surface area contributed by atoms with Crippen LogP contribution in [-0.4, -0.2) is 29.2 Å². The maximum absolute atomic E-state index is 11.8. The van der Waals surface area contributed by atoms with Gasteiger partial charge in [-0.3, -0.25) is 10.0 Å². The summed E-state index contributed by atoms with van der Waals surface area (Å²) in [6, 6.07) is -0.833. The summed E-state index contributed by atoms with van der Waals surface area (Å²) in [5.74, 6) is -0.329. The average Bonchev–Trinajstić information content (AvgIpc) is 2.37. The van der Waals surface area contributed by atoms with Crippen molar-refractivity contribution in [3.05, 3.63) is 0 Å². The number of nitrogens with one attached hydrogen (secondary N) is 3. The Balaban J connectivity index is 2.43. The molecular formula is C13H25N3O3. The highest BCUT2D eigenvalue weighted by Gasteiger charge is 2.23. The van der Waals surface area contributed by atoms with Crippen LogP contribution in [0.2, 0.25) is 0 Å². The third-order valence-electron chi connectivity index (χ3n) is 3.38. The summed E-state index contributed by atoms with van der Waals surface area (Å²) in [4.78, 5) is 23.3. The summed E-state index contributed by atoms with van der Waals surface area (Å²) in [6.45, 7) is 3.91. The molecule has 1 aliphatic carbocycles. The van der Waals surface area contributed by atoms with Gasteiger partial charge < -0.3 is 10.6 Å². The Labute approximate surface area is 114 Å². The first-order chi connectivity index (χ1) is 9.02. The molecule has 3 amide bonds. The minimum Gasteiger partial charge on any atom is -0.335 e. The van der Waals surface area contributed by atoms with Crippen molar-refractivity contribution in [2.75, 3.05) is 0 Å². The maximum atomic E-state index is 11.8. The normalized spacial score (nSPS) is 17.9. The van der Waals surface area contributed by atoms with Gasteiger partial charge in [-0.1, -0.05) is 33.1 Å². The van der Waals surface area contributed by atoms with Gasteiger partial charge in [0, 0.05) is 6.04 Å². The van der Waals surface area contributed by atoms with Crippen molar-refractivity contribution in [2.24, 2.45) is 5.92 Å². The highest BCUT2D eigenvalue weighted by molar-refractivity contribution is 5.86. The number of carbonyl (C=O) groups is 2. The molecule has 6 nitrogen and oxygen atoms in total. The van der Waals surface area contributed by atoms with Gasteiger partial charge in [-0.05, 0) is 25.2 Å². The van der Waals surface area contributed by atoms with Crippen molar-refractivity contribution in [3.63, 3.8) is 0 Å². The van der Waals surface area contributed by atoms with Gasteiger partial charge in [-0.25, -0.2) is 10.3 Å². The molecule has 19 heavy (non-hydrogen) atoms. The molecule has 0 aromatic heterocycles. The van der Waals surface area contributed by atoms with Crippen LogP contribution in [0, 0.1) is 5.92 Å². The summed E-state index contributed by atoms with van der Waals surface area (Å²) in [7, 11) is 0. The molecule has 0 unspecified atom stereocenters. The zero-order chi connectivity index (χ0) is 14.3. The predicted octanol–water partition coefficient (Wildman–Crippen LogP) is 1.54. The Hall–Kier alpha value is -1.30. The Morgan fingerprint density at radius 3 is 2.37 bits per heavy atom. The highest BCUT2D eigenvalue weighted by atomic mass is 16.5. The second-order valence-electron chi connectivity index (χ2n) is 5.61. The van der Waals surface area contributed by atoms with Crippen LogP contribution in [-0.2, 0) is 4.79 Å². The number of urea groups is 1. The Bertz CT molecular complexity index is 302. The van der Waals surface area contributed by atoms with Gasteiger partial charge in [0.25, 0.3) is 5.91 Å². The molecule has 1 saturated carbocycles. The molecular weight excluding hydrogens is 246 g/mol. The van der Waals surface area contributed by atoms with Gasteiger partial charge >= 0.3 is 6.03 Å². The van der Waals surface area contributed by atoms with E-state index in [1.54, 1.807) is 5.48 Å². The topological polar surface area (TPSA) is 90.5 Å². The number of hydrogen-bond donors (Lipinski definition) is 4. The zero-order valence-electron chi connectivity index (χ0n) is 11.7. The summed E-state index contributed by atoms with van der Waals surface area (Å²) in [5, 5.41) is 14.2. The second kappa shape index (κ2) is 7.99. The lowest BCUT2D eigenvalue weighted by molar-refractivity contribution is -0.131. The van der Waals surface area contributed by atoms with Crippen LogP contribution >= 0.6 is 0 Å². The fraction of sp³-hybridized carbons (Fsp3) is 0.846. The van der Waals surface area contributed by atoms with E-state index in [1.165, 1.54) is 6.42 Å². The molecule has 1 aliphatic rings. The average molecular weight is 271 g/mol. The summed E-state index contributed by atoms with van der Waals surface area (Å²) in [6.07, 6.45) is 5.98. The number of hydrogen-bond acceptors (Lipinski definition) is 3. The van der Waals surface area contributed by atoms with E-state index in [0.29, 0.717) is 6.42 Å². The van der Waals surface area contributed by atoms with E-state index in [9.17, 15) is 9.59 Å². The lowest BCUT2D eigenvalue weighted by Crippen LogP contribution is -2.52. The van der Waals surface area contributed by atoms with E-state index in [4.69, 9.17) is 5.21 Å². The number of amides is 3. The van der Waals surface area contributed by atoms with Gasteiger partial charge in [-0.15, -0.1) is 0 Å². The smallest absolute Gasteiger partial charge is 0.315 e. The molecule has 0 radical (unpaired) electrons. The van der Waals surface area contributed by atoms with Crippen molar-refractivity contribution in [2.45, 2.75) is 64.5 Å². The molecule has 0 aromatic carbocycles. The molecule has 110 valence electrons. The van der Waals surface area contributed by atoms with Crippen LogP contribution in [0.25, 0.3) is 0 Å². The summed E-state index contributed by atoms with van der Waals surface area (Å²) < 4.78 is 0. The molecule has 6 heteroatoms. The van der Waals surface area contributed by atoms with Gasteiger partial charge in [0.2, 0.25) is 0 Å². The lowest BCUT2D eigenvalue weighted by atomic mass is 9.96. The molecule has 0 spiro atoms. The van der Waals surface area contributed by atoms with E-state index in [-0.39, 0.29) is 18.0 Å². The molecule has 0 bridgehead atoms. The summed E-state index contributed by atoms with van der Waals surface area (Å²) in [5.41, 5.74) is 1.60. The quantitative estimate of drug-likeness (QED) is 0.451. The highest BCUT2D eigenvalue weighted by Crippen LogP contribution is 2.17. The van der Waals surface area contributed by atoms with Crippen molar-refractivity contribution >= 4 is 11.9 Å². The Morgan fingerprint density at radius 2 is 1.84 bits per heavy atom. The molecule has 0 heterocycles. The zero-order valence-corrected chi connectivity index (χ0v) is 11.7. The van der Waals surface area contributed by atoms with E-state index in [1.807, 2.05) is 13.8 Å². The van der Waals surface area contributed by atoms with Crippen LogP contribution in [0.4, 0.5) is 4.79 Å². The van der Waals surface area contributed by atoms with Crippen LogP contribution in [0.3, 0.4) is 0 Å². The van der Waals surface area contributed by atoms with Crippen molar-refractivity contribution in [3.8, 4) is 0 Å². The number of hydroxylamine groups is 1. The standard InChI is InChI=1S/C13H25N3O3/c1-9(2)8-11(12(17)16-19)15-13(18)14-10-6-4-3-5-7-10/h9-11,19H,3-8H2,1-2H3,(H,16,17)(H2,14,15,18)/t11-/m0/s1. The second-order valence-corrected chi connectivity index (χ2v) is 5.61. The lowest BCUT2D eigenvalue weighted by Gasteiger charge is -2.25. The Morgan fingerprint density at radius 1 is 1.21 bits per heavy atom. The van der Waals surface area contributed by atoms with Crippen molar-refractivity contribution in [1.82, 2.24) is 16.1 Å². The van der Waals surface area contributed by atoms with Crippen molar-refractivity contribution in [1.29, 1.82) is 0 Å². The Kier molecular flexibility index (Phi) is 6.62. The van der Waals surface area contributed by atoms with Gasteiger partial charge in [0.15, 0.2) is 0 Å². The van der Waals surface area contributed by atoms with Gasteiger partial charge in [-0.2, -0.15) is 0 Å². The van der Waals surface area contributed by atoms with Crippen LogP contribution in [0.5, 0.6) is 0 Å². The fourth-order valence-electron chi connectivity index (χ4n) is 2.41. The third-order valence-corrected chi connectivity index (χ3v) is 3.38. The predicted molar refractivity (Wildman–Crippen MR) is 71.7 cm³/mol. The van der Waals surface area contributed by atoms with Gasteiger partial charge in [0.1, 0.15) is 6.04 Å². The maximum Gasteiger partial charge on any atom is 0.315 e. The molecule has 1 rings (SSSR count). The van der Waals surface area contributed by atoms with E-state index in [0.717, 1.165) is 25.7 Å². The summed E-state index contributed by atoms with van der Waals surface area (Å²) >= 11 is 0. The SMILES string of the molecule is CC(C)C[C@H](NC(=O)NC1CCCCC1)C(=O)NO. The minimum atomic E-state index is -0.700. The largest absolute Gasteiger partial charge is 0.335 e. The molecule has 0 saturated heterocycles. The monoisotopic (exact) mass is 271 g/mol. The first-order valence-electron chi connectivity index (χ1n) is 7.04. The van der Waals surface area contributed by atoms with Crippen LogP contribution in [0.1, 0.15) is 52.4 Å². The molecule has 4 N–H and O–H groups in total. The molecule has 0 aromatic rings.